The Hall–Kier alpha value is -2.97. The third kappa shape index (κ3) is 3.98. The fourth-order valence-corrected chi connectivity index (χ4v) is 5.95. The second-order valence-electron chi connectivity index (χ2n) is 8.89. The standard InChI is InChI=1S/C25H22F3N3OS/c1-15-11-24(29,12-15)18-9-7-17(8-10-18)21-19(16-5-3-2-4-6-16)20-22(33-21)30-14-31(23(20)32)13-25(26,27)28/h2-10,14-15H,11-13,29H2,1H3/t15-,24+. The monoisotopic (exact) mass is 469 g/mol. The van der Waals surface area contributed by atoms with Gasteiger partial charge in [0.05, 0.1) is 11.7 Å². The van der Waals surface area contributed by atoms with E-state index in [4.69, 9.17) is 5.73 Å². The van der Waals surface area contributed by atoms with Crippen molar-refractivity contribution in [1.82, 2.24) is 9.55 Å². The molecule has 5 rings (SSSR count). The molecule has 0 amide bonds. The minimum absolute atomic E-state index is 0.208. The second-order valence-corrected chi connectivity index (χ2v) is 9.89. The van der Waals surface area contributed by atoms with Crippen LogP contribution in [0.1, 0.15) is 25.3 Å². The smallest absolute Gasteiger partial charge is 0.321 e. The molecule has 1 aliphatic carbocycles. The molecular weight excluding hydrogens is 447 g/mol. The molecule has 2 aromatic carbocycles. The maximum atomic E-state index is 13.1. The lowest BCUT2D eigenvalue weighted by Crippen LogP contribution is -2.47. The van der Waals surface area contributed by atoms with Crippen LogP contribution >= 0.6 is 11.3 Å². The molecule has 33 heavy (non-hydrogen) atoms. The van der Waals surface area contributed by atoms with Gasteiger partial charge in [-0.1, -0.05) is 61.5 Å². The van der Waals surface area contributed by atoms with Crippen molar-refractivity contribution in [2.75, 3.05) is 0 Å². The molecule has 0 atom stereocenters. The number of benzene rings is 2. The summed E-state index contributed by atoms with van der Waals surface area (Å²) in [5.41, 5.74) is 8.83. The molecule has 0 spiro atoms. The molecular formula is C25H22F3N3OS. The fraction of sp³-hybridized carbons (Fsp3) is 0.280. The van der Waals surface area contributed by atoms with Gasteiger partial charge in [0.15, 0.2) is 0 Å². The molecule has 8 heteroatoms. The van der Waals surface area contributed by atoms with Gasteiger partial charge in [0.2, 0.25) is 0 Å². The van der Waals surface area contributed by atoms with Gasteiger partial charge in [-0.3, -0.25) is 9.36 Å². The number of fused-ring (bicyclic) bond motifs is 1. The zero-order valence-corrected chi connectivity index (χ0v) is 18.7. The zero-order valence-electron chi connectivity index (χ0n) is 17.9. The van der Waals surface area contributed by atoms with Gasteiger partial charge < -0.3 is 5.73 Å². The van der Waals surface area contributed by atoms with Gasteiger partial charge in [-0.05, 0) is 35.4 Å². The highest BCUT2D eigenvalue weighted by atomic mass is 32.1. The van der Waals surface area contributed by atoms with Crippen molar-refractivity contribution in [1.29, 1.82) is 0 Å². The summed E-state index contributed by atoms with van der Waals surface area (Å²) in [4.78, 5) is 18.5. The third-order valence-electron chi connectivity index (χ3n) is 6.24. The van der Waals surface area contributed by atoms with E-state index in [9.17, 15) is 18.0 Å². The van der Waals surface area contributed by atoms with Gasteiger partial charge in [-0.2, -0.15) is 13.2 Å². The fourth-order valence-electron chi connectivity index (χ4n) is 4.79. The van der Waals surface area contributed by atoms with Crippen LogP contribution in [0, 0.1) is 5.92 Å². The molecule has 170 valence electrons. The van der Waals surface area contributed by atoms with Crippen LogP contribution in [-0.2, 0) is 12.1 Å². The molecule has 4 aromatic rings. The number of hydrogen-bond acceptors (Lipinski definition) is 4. The van der Waals surface area contributed by atoms with E-state index in [0.717, 1.165) is 40.7 Å². The van der Waals surface area contributed by atoms with Crippen molar-refractivity contribution in [3.63, 3.8) is 0 Å². The molecule has 1 fully saturated rings. The summed E-state index contributed by atoms with van der Waals surface area (Å²) in [6, 6.07) is 17.2. The molecule has 0 unspecified atom stereocenters. The Morgan fingerprint density at radius 1 is 1.09 bits per heavy atom. The predicted molar refractivity (Wildman–Crippen MR) is 125 cm³/mol. The first-order valence-electron chi connectivity index (χ1n) is 10.7. The van der Waals surface area contributed by atoms with E-state index in [1.54, 1.807) is 0 Å². The van der Waals surface area contributed by atoms with E-state index in [0.29, 0.717) is 20.9 Å². The van der Waals surface area contributed by atoms with Gasteiger partial charge >= 0.3 is 6.18 Å². The molecule has 0 saturated heterocycles. The van der Waals surface area contributed by atoms with Crippen molar-refractivity contribution in [2.45, 2.75) is 38.0 Å². The summed E-state index contributed by atoms with van der Waals surface area (Å²) in [7, 11) is 0. The minimum Gasteiger partial charge on any atom is -0.321 e. The van der Waals surface area contributed by atoms with E-state index in [2.05, 4.69) is 11.9 Å². The largest absolute Gasteiger partial charge is 0.406 e. The van der Waals surface area contributed by atoms with E-state index < -0.39 is 18.3 Å². The van der Waals surface area contributed by atoms with E-state index in [1.165, 1.54) is 11.3 Å². The molecule has 1 saturated carbocycles. The van der Waals surface area contributed by atoms with E-state index >= 15 is 0 Å². The highest BCUT2D eigenvalue weighted by Gasteiger charge is 2.39. The molecule has 2 heterocycles. The molecule has 0 radical (unpaired) electrons. The number of aromatic nitrogens is 2. The molecule has 0 bridgehead atoms. The van der Waals surface area contributed by atoms with Gasteiger partial charge in [0, 0.05) is 16.0 Å². The Morgan fingerprint density at radius 3 is 2.36 bits per heavy atom. The number of hydrogen-bond donors (Lipinski definition) is 1. The van der Waals surface area contributed by atoms with Crippen molar-refractivity contribution < 1.29 is 13.2 Å². The first-order chi connectivity index (χ1) is 15.6. The predicted octanol–water partition coefficient (Wildman–Crippen LogP) is 5.94. The van der Waals surface area contributed by atoms with Crippen LogP contribution in [0.5, 0.6) is 0 Å². The Labute approximate surface area is 192 Å². The second kappa shape index (κ2) is 7.81. The number of rotatable bonds is 4. The summed E-state index contributed by atoms with van der Waals surface area (Å²) in [6.07, 6.45) is -1.66. The molecule has 1 aliphatic rings. The highest BCUT2D eigenvalue weighted by Crippen LogP contribution is 2.46. The van der Waals surface area contributed by atoms with Gasteiger partial charge in [0.25, 0.3) is 5.56 Å². The Bertz CT molecular complexity index is 1370. The van der Waals surface area contributed by atoms with Crippen LogP contribution in [0.15, 0.2) is 65.7 Å². The maximum Gasteiger partial charge on any atom is 0.406 e. The van der Waals surface area contributed by atoms with E-state index in [-0.39, 0.29) is 10.9 Å². The zero-order chi connectivity index (χ0) is 23.4. The number of nitrogens with two attached hydrogens (primary N) is 1. The summed E-state index contributed by atoms with van der Waals surface area (Å²) in [6.45, 7) is 0.807. The van der Waals surface area contributed by atoms with Crippen LogP contribution in [-0.4, -0.2) is 15.7 Å². The lowest BCUT2D eigenvalue weighted by Gasteiger charge is -2.44. The van der Waals surface area contributed by atoms with Crippen molar-refractivity contribution in [3.05, 3.63) is 76.8 Å². The Balaban J connectivity index is 1.68. The lowest BCUT2D eigenvalue weighted by molar-refractivity contribution is -0.141. The molecule has 0 aliphatic heterocycles. The van der Waals surface area contributed by atoms with Crippen LogP contribution in [0.2, 0.25) is 0 Å². The topological polar surface area (TPSA) is 60.9 Å². The summed E-state index contributed by atoms with van der Waals surface area (Å²) in [5, 5.41) is 0.208. The van der Waals surface area contributed by atoms with Crippen LogP contribution in [0.25, 0.3) is 31.8 Å². The quantitative estimate of drug-likeness (QED) is 0.403. The number of alkyl halides is 3. The first kappa shape index (κ1) is 21.9. The maximum absolute atomic E-state index is 13.1. The average Bonchev–Trinajstić information content (AvgIpc) is 3.15. The summed E-state index contributed by atoms with van der Waals surface area (Å²) in [5.74, 6) is 0.604. The summed E-state index contributed by atoms with van der Waals surface area (Å²) < 4.78 is 39.7. The normalized spacial score (nSPS) is 20.7. The Morgan fingerprint density at radius 2 is 1.76 bits per heavy atom. The molecule has 2 N–H and O–H groups in total. The average molecular weight is 470 g/mol. The van der Waals surface area contributed by atoms with Crippen molar-refractivity contribution in [2.24, 2.45) is 11.7 Å². The number of thiophene rings is 1. The van der Waals surface area contributed by atoms with Gasteiger partial charge in [0.1, 0.15) is 11.4 Å². The number of nitrogens with zero attached hydrogens (tertiary/aromatic N) is 2. The third-order valence-corrected chi connectivity index (χ3v) is 7.39. The lowest BCUT2D eigenvalue weighted by atomic mass is 9.66. The molecule has 4 nitrogen and oxygen atoms in total. The van der Waals surface area contributed by atoms with Gasteiger partial charge in [-0.15, -0.1) is 11.3 Å². The van der Waals surface area contributed by atoms with Crippen LogP contribution in [0.4, 0.5) is 13.2 Å². The van der Waals surface area contributed by atoms with Crippen LogP contribution < -0.4 is 11.3 Å². The van der Waals surface area contributed by atoms with Crippen molar-refractivity contribution in [3.8, 4) is 21.6 Å². The van der Waals surface area contributed by atoms with Gasteiger partial charge in [-0.25, -0.2) is 4.98 Å². The molecule has 2 aromatic heterocycles. The van der Waals surface area contributed by atoms with Crippen LogP contribution in [0.3, 0.4) is 0 Å². The van der Waals surface area contributed by atoms with E-state index in [1.807, 2.05) is 54.6 Å². The SMILES string of the molecule is C[C@H]1C[C@](N)(c2ccc(-c3sc4ncn(CC(F)(F)F)c(=O)c4c3-c3ccccc3)cc2)C1. The van der Waals surface area contributed by atoms with Crippen molar-refractivity contribution >= 4 is 21.6 Å². The number of halogens is 3. The Kier molecular flexibility index (Phi) is 5.17. The minimum atomic E-state index is -4.52. The highest BCUT2D eigenvalue weighted by molar-refractivity contribution is 7.22. The first-order valence-corrected chi connectivity index (χ1v) is 11.5. The summed E-state index contributed by atoms with van der Waals surface area (Å²) >= 11 is 1.31.